The molecular formula is C12H27NO. The third-order valence-electron chi connectivity index (χ3n) is 2.36. The van der Waals surface area contributed by atoms with Crippen molar-refractivity contribution in [2.45, 2.75) is 53.0 Å². The molecule has 1 atom stereocenters. The zero-order valence-electron chi connectivity index (χ0n) is 10.5. The van der Waals surface area contributed by atoms with Gasteiger partial charge in [-0.15, -0.1) is 0 Å². The van der Waals surface area contributed by atoms with Gasteiger partial charge in [-0.3, -0.25) is 0 Å². The third kappa shape index (κ3) is 8.52. The van der Waals surface area contributed by atoms with Crippen LogP contribution in [0.4, 0.5) is 0 Å². The van der Waals surface area contributed by atoms with E-state index in [9.17, 15) is 0 Å². The standard InChI is InChI=1S/C12H27NO/c1-6-7-11(13-5)10-14-9-8-12(2,3)4/h11,13H,6-10H2,1-5H3. The first-order chi connectivity index (χ1) is 6.49. The lowest BCUT2D eigenvalue weighted by Crippen LogP contribution is -2.30. The van der Waals surface area contributed by atoms with Gasteiger partial charge in [0.2, 0.25) is 0 Å². The predicted molar refractivity (Wildman–Crippen MR) is 62.6 cm³/mol. The minimum Gasteiger partial charge on any atom is -0.380 e. The number of ether oxygens (including phenoxy) is 1. The molecule has 0 amide bonds. The fourth-order valence-corrected chi connectivity index (χ4v) is 1.26. The molecule has 0 aromatic heterocycles. The monoisotopic (exact) mass is 201 g/mol. The van der Waals surface area contributed by atoms with E-state index < -0.39 is 0 Å². The Morgan fingerprint density at radius 1 is 1.29 bits per heavy atom. The van der Waals surface area contributed by atoms with E-state index in [1.807, 2.05) is 7.05 Å². The van der Waals surface area contributed by atoms with Crippen LogP contribution < -0.4 is 5.32 Å². The van der Waals surface area contributed by atoms with E-state index >= 15 is 0 Å². The molecule has 0 saturated carbocycles. The summed E-state index contributed by atoms with van der Waals surface area (Å²) in [6, 6.07) is 0.528. The van der Waals surface area contributed by atoms with E-state index in [1.165, 1.54) is 12.8 Å². The summed E-state index contributed by atoms with van der Waals surface area (Å²) in [5, 5.41) is 3.28. The Bertz CT molecular complexity index is 129. The molecule has 0 aliphatic heterocycles. The predicted octanol–water partition coefficient (Wildman–Crippen LogP) is 2.83. The second-order valence-electron chi connectivity index (χ2n) is 5.16. The average molecular weight is 201 g/mol. The maximum atomic E-state index is 5.65. The van der Waals surface area contributed by atoms with E-state index in [0.717, 1.165) is 19.6 Å². The lowest BCUT2D eigenvalue weighted by atomic mass is 9.93. The van der Waals surface area contributed by atoms with Gasteiger partial charge in [0.1, 0.15) is 0 Å². The zero-order valence-corrected chi connectivity index (χ0v) is 10.5. The van der Waals surface area contributed by atoms with E-state index in [1.54, 1.807) is 0 Å². The summed E-state index contributed by atoms with van der Waals surface area (Å²) in [7, 11) is 2.01. The normalized spacial score (nSPS) is 14.4. The average Bonchev–Trinajstić information content (AvgIpc) is 2.08. The summed E-state index contributed by atoms with van der Waals surface area (Å²) in [4.78, 5) is 0. The van der Waals surface area contributed by atoms with Gasteiger partial charge in [0.15, 0.2) is 0 Å². The van der Waals surface area contributed by atoms with Crippen molar-refractivity contribution in [2.24, 2.45) is 5.41 Å². The van der Waals surface area contributed by atoms with Crippen molar-refractivity contribution in [1.29, 1.82) is 0 Å². The Morgan fingerprint density at radius 3 is 2.36 bits per heavy atom. The first-order valence-electron chi connectivity index (χ1n) is 5.74. The molecule has 0 radical (unpaired) electrons. The number of likely N-dealkylation sites (N-methyl/N-ethyl adjacent to an activating group) is 1. The highest BCUT2D eigenvalue weighted by Gasteiger charge is 2.10. The highest BCUT2D eigenvalue weighted by Crippen LogP contribution is 2.17. The van der Waals surface area contributed by atoms with E-state index in [-0.39, 0.29) is 0 Å². The third-order valence-corrected chi connectivity index (χ3v) is 2.36. The molecule has 2 nitrogen and oxygen atoms in total. The molecule has 1 N–H and O–H groups in total. The van der Waals surface area contributed by atoms with E-state index in [2.05, 4.69) is 33.0 Å². The Labute approximate surface area is 89.4 Å². The van der Waals surface area contributed by atoms with Crippen LogP contribution >= 0.6 is 0 Å². The number of nitrogens with one attached hydrogen (secondary N) is 1. The van der Waals surface area contributed by atoms with Crippen LogP contribution in [0, 0.1) is 5.41 Å². The van der Waals surface area contributed by atoms with Crippen molar-refractivity contribution >= 4 is 0 Å². The molecule has 0 heterocycles. The molecule has 0 aromatic rings. The molecule has 0 aliphatic carbocycles. The maximum absolute atomic E-state index is 5.65. The van der Waals surface area contributed by atoms with Gasteiger partial charge in [-0.2, -0.15) is 0 Å². The van der Waals surface area contributed by atoms with Crippen LogP contribution in [-0.4, -0.2) is 26.3 Å². The summed E-state index contributed by atoms with van der Waals surface area (Å²) in [6.45, 7) is 10.7. The van der Waals surface area contributed by atoms with Gasteiger partial charge in [-0.25, -0.2) is 0 Å². The highest BCUT2D eigenvalue weighted by molar-refractivity contribution is 4.64. The van der Waals surface area contributed by atoms with Crippen LogP contribution in [0.5, 0.6) is 0 Å². The quantitative estimate of drug-likeness (QED) is 0.640. The smallest absolute Gasteiger partial charge is 0.0619 e. The lowest BCUT2D eigenvalue weighted by Gasteiger charge is -2.20. The van der Waals surface area contributed by atoms with Gasteiger partial charge in [-0.05, 0) is 25.3 Å². The van der Waals surface area contributed by atoms with Gasteiger partial charge in [0, 0.05) is 12.6 Å². The van der Waals surface area contributed by atoms with Crippen molar-refractivity contribution in [3.63, 3.8) is 0 Å². The first kappa shape index (κ1) is 13.9. The summed E-state index contributed by atoms with van der Waals surface area (Å²) < 4.78 is 5.65. The molecular weight excluding hydrogens is 174 g/mol. The molecule has 0 fully saturated rings. The second-order valence-corrected chi connectivity index (χ2v) is 5.16. The first-order valence-corrected chi connectivity index (χ1v) is 5.74. The fraction of sp³-hybridized carbons (Fsp3) is 1.00. The molecule has 0 aromatic carbocycles. The molecule has 0 bridgehead atoms. The number of hydrogen-bond acceptors (Lipinski definition) is 2. The molecule has 86 valence electrons. The van der Waals surface area contributed by atoms with Crippen molar-refractivity contribution in [1.82, 2.24) is 5.32 Å². The van der Waals surface area contributed by atoms with E-state index in [0.29, 0.717) is 11.5 Å². The minimum atomic E-state index is 0.389. The molecule has 0 aliphatic rings. The Morgan fingerprint density at radius 2 is 1.93 bits per heavy atom. The van der Waals surface area contributed by atoms with Crippen molar-refractivity contribution in [2.75, 3.05) is 20.3 Å². The highest BCUT2D eigenvalue weighted by atomic mass is 16.5. The van der Waals surface area contributed by atoms with Crippen LogP contribution in [0.15, 0.2) is 0 Å². The summed E-state index contributed by atoms with van der Waals surface area (Å²) in [5.74, 6) is 0. The van der Waals surface area contributed by atoms with Crippen LogP contribution in [0.1, 0.15) is 47.0 Å². The topological polar surface area (TPSA) is 21.3 Å². The largest absolute Gasteiger partial charge is 0.380 e. The van der Waals surface area contributed by atoms with Crippen LogP contribution in [-0.2, 0) is 4.74 Å². The van der Waals surface area contributed by atoms with Gasteiger partial charge < -0.3 is 10.1 Å². The molecule has 1 unspecified atom stereocenters. The molecule has 0 spiro atoms. The van der Waals surface area contributed by atoms with Gasteiger partial charge in [0.25, 0.3) is 0 Å². The Hall–Kier alpha value is -0.0800. The summed E-state index contributed by atoms with van der Waals surface area (Å²) in [6.07, 6.45) is 3.55. The number of hydrogen-bond donors (Lipinski definition) is 1. The minimum absolute atomic E-state index is 0.389. The van der Waals surface area contributed by atoms with Gasteiger partial charge >= 0.3 is 0 Å². The van der Waals surface area contributed by atoms with Crippen LogP contribution in [0.2, 0.25) is 0 Å². The summed E-state index contributed by atoms with van der Waals surface area (Å²) >= 11 is 0. The molecule has 0 rings (SSSR count). The fourth-order valence-electron chi connectivity index (χ4n) is 1.26. The van der Waals surface area contributed by atoms with E-state index in [4.69, 9.17) is 4.74 Å². The van der Waals surface area contributed by atoms with Crippen molar-refractivity contribution < 1.29 is 4.74 Å². The van der Waals surface area contributed by atoms with Crippen molar-refractivity contribution in [3.05, 3.63) is 0 Å². The Kier molecular flexibility index (Phi) is 7.20. The Balaban J connectivity index is 3.42. The number of rotatable bonds is 7. The van der Waals surface area contributed by atoms with Gasteiger partial charge in [-0.1, -0.05) is 34.1 Å². The molecule has 0 saturated heterocycles. The zero-order chi connectivity index (χ0) is 11.0. The van der Waals surface area contributed by atoms with Crippen molar-refractivity contribution in [3.8, 4) is 0 Å². The maximum Gasteiger partial charge on any atom is 0.0619 e. The lowest BCUT2D eigenvalue weighted by molar-refractivity contribution is 0.0894. The molecule has 2 heteroatoms. The second kappa shape index (κ2) is 7.24. The van der Waals surface area contributed by atoms with Gasteiger partial charge in [0.05, 0.1) is 6.61 Å². The van der Waals surface area contributed by atoms with Crippen LogP contribution in [0.3, 0.4) is 0 Å². The SMILES string of the molecule is CCCC(COCCC(C)(C)C)NC. The van der Waals surface area contributed by atoms with Crippen LogP contribution in [0.25, 0.3) is 0 Å². The summed E-state index contributed by atoms with van der Waals surface area (Å²) in [5.41, 5.74) is 0.389. The molecule has 14 heavy (non-hydrogen) atoms.